The molecule has 1 aromatic carbocycles. The van der Waals surface area contributed by atoms with Crippen LogP contribution in [0.2, 0.25) is 0 Å². The van der Waals surface area contributed by atoms with Crippen LogP contribution in [0.4, 0.5) is 5.82 Å². The molecule has 0 radical (unpaired) electrons. The van der Waals surface area contributed by atoms with E-state index in [9.17, 15) is 0 Å². The number of methoxy groups -OCH3 is 1. The topological polar surface area (TPSA) is 84.4 Å². The lowest BCUT2D eigenvalue weighted by Crippen LogP contribution is -2.32. The second-order valence-electron chi connectivity index (χ2n) is 7.22. The van der Waals surface area contributed by atoms with Crippen molar-refractivity contribution in [3.05, 3.63) is 48.4 Å². The van der Waals surface area contributed by atoms with Gasteiger partial charge in [-0.05, 0) is 31.0 Å². The van der Waals surface area contributed by atoms with Crippen molar-refractivity contribution in [3.8, 4) is 5.75 Å². The minimum Gasteiger partial charge on any atom is -0.497 e. The normalized spacial score (nSPS) is 27.6. The van der Waals surface area contributed by atoms with Crippen LogP contribution in [0.5, 0.6) is 5.75 Å². The summed E-state index contributed by atoms with van der Waals surface area (Å²) in [5.41, 5.74) is 7.88. The molecule has 2 unspecified atom stereocenters. The monoisotopic (exact) mass is 366 g/mol. The molecule has 27 heavy (non-hydrogen) atoms. The summed E-state index contributed by atoms with van der Waals surface area (Å²) in [6.07, 6.45) is 5.37. The summed E-state index contributed by atoms with van der Waals surface area (Å²) in [4.78, 5) is 8.51. The first-order valence-corrected chi connectivity index (χ1v) is 9.21. The van der Waals surface area contributed by atoms with Crippen molar-refractivity contribution in [2.24, 2.45) is 5.92 Å². The van der Waals surface area contributed by atoms with E-state index in [-0.39, 0.29) is 12.4 Å². The van der Waals surface area contributed by atoms with Crippen LogP contribution in [0.1, 0.15) is 30.7 Å². The van der Waals surface area contributed by atoms with E-state index < -0.39 is 0 Å². The van der Waals surface area contributed by atoms with Gasteiger partial charge in [-0.15, -0.1) is 0 Å². The fourth-order valence-electron chi connectivity index (χ4n) is 4.26. The second kappa shape index (κ2) is 6.51. The van der Waals surface area contributed by atoms with Crippen molar-refractivity contribution in [1.82, 2.24) is 14.5 Å². The number of hydrogen-bond donors (Lipinski definition) is 1. The largest absolute Gasteiger partial charge is 0.497 e. The van der Waals surface area contributed by atoms with Gasteiger partial charge in [0.2, 0.25) is 0 Å². The molecule has 1 aliphatic carbocycles. The number of nitrogens with zero attached hydrogens (tertiary/aromatic N) is 3. The van der Waals surface area contributed by atoms with Crippen LogP contribution in [-0.2, 0) is 9.47 Å². The van der Waals surface area contributed by atoms with E-state index in [1.165, 1.54) is 6.33 Å². The van der Waals surface area contributed by atoms with Crippen molar-refractivity contribution in [1.29, 1.82) is 0 Å². The Morgan fingerprint density at radius 2 is 2.00 bits per heavy atom. The van der Waals surface area contributed by atoms with Gasteiger partial charge in [0.1, 0.15) is 23.5 Å². The molecule has 1 saturated carbocycles. The first-order valence-electron chi connectivity index (χ1n) is 9.21. The summed E-state index contributed by atoms with van der Waals surface area (Å²) in [7, 11) is 1.66. The standard InChI is InChI=1S/C20H22N4O3/c1-25-15-4-2-12(3-5-15)20-26-10-13-8-14(9-17(13)27-20)24-7-6-16-18(21)22-11-23-19(16)24/h2-7,11,13-14,17,20H,8-10H2,1H3,(H2,21,22,23)/t13-,14?,17-,20?/m0/s1. The number of hydrogen-bond acceptors (Lipinski definition) is 6. The molecule has 0 amide bonds. The average molecular weight is 366 g/mol. The number of nitrogens with two attached hydrogens (primary N) is 1. The van der Waals surface area contributed by atoms with Gasteiger partial charge in [-0.2, -0.15) is 0 Å². The SMILES string of the molecule is COc1ccc(C2OC[C@@H]3CC(n4ccc5c(N)ncnc54)C[C@@H]3O2)cc1. The van der Waals surface area contributed by atoms with Gasteiger partial charge >= 0.3 is 0 Å². The maximum Gasteiger partial charge on any atom is 0.184 e. The van der Waals surface area contributed by atoms with Crippen molar-refractivity contribution in [3.63, 3.8) is 0 Å². The number of aromatic nitrogens is 3. The zero-order valence-corrected chi connectivity index (χ0v) is 15.1. The van der Waals surface area contributed by atoms with Crippen molar-refractivity contribution in [2.75, 3.05) is 19.5 Å². The Morgan fingerprint density at radius 1 is 1.15 bits per heavy atom. The Kier molecular flexibility index (Phi) is 3.98. The van der Waals surface area contributed by atoms with E-state index in [0.717, 1.165) is 35.2 Å². The summed E-state index contributed by atoms with van der Waals surface area (Å²) < 4.78 is 19.7. The van der Waals surface area contributed by atoms with Crippen LogP contribution in [0, 0.1) is 5.92 Å². The number of rotatable bonds is 3. The van der Waals surface area contributed by atoms with Crippen LogP contribution >= 0.6 is 0 Å². The summed E-state index contributed by atoms with van der Waals surface area (Å²) in [5.74, 6) is 1.74. The molecule has 5 rings (SSSR count). The summed E-state index contributed by atoms with van der Waals surface area (Å²) >= 11 is 0. The molecule has 3 heterocycles. The number of anilines is 1. The van der Waals surface area contributed by atoms with Crippen LogP contribution in [0.3, 0.4) is 0 Å². The lowest BCUT2D eigenvalue weighted by molar-refractivity contribution is -0.233. The highest BCUT2D eigenvalue weighted by Crippen LogP contribution is 2.44. The lowest BCUT2D eigenvalue weighted by atomic mass is 10.1. The highest BCUT2D eigenvalue weighted by atomic mass is 16.7. The molecule has 3 aromatic rings. The molecule has 140 valence electrons. The van der Waals surface area contributed by atoms with Gasteiger partial charge < -0.3 is 24.5 Å². The number of nitrogen functional groups attached to an aromatic ring is 1. The van der Waals surface area contributed by atoms with Gasteiger partial charge in [-0.1, -0.05) is 12.1 Å². The van der Waals surface area contributed by atoms with Crippen molar-refractivity contribution in [2.45, 2.75) is 31.3 Å². The van der Waals surface area contributed by atoms with E-state index >= 15 is 0 Å². The van der Waals surface area contributed by atoms with Crippen LogP contribution in [0.25, 0.3) is 11.0 Å². The zero-order valence-electron chi connectivity index (χ0n) is 15.1. The van der Waals surface area contributed by atoms with Crippen LogP contribution < -0.4 is 10.5 Å². The van der Waals surface area contributed by atoms with Gasteiger partial charge in [0, 0.05) is 23.7 Å². The minimum absolute atomic E-state index is 0.174. The molecule has 7 nitrogen and oxygen atoms in total. The average Bonchev–Trinajstić information content (AvgIpc) is 3.32. The third-order valence-corrected chi connectivity index (χ3v) is 5.69. The van der Waals surface area contributed by atoms with E-state index in [2.05, 4.69) is 20.7 Å². The lowest BCUT2D eigenvalue weighted by Gasteiger charge is -2.32. The van der Waals surface area contributed by atoms with E-state index in [4.69, 9.17) is 19.9 Å². The molecular weight excluding hydrogens is 344 g/mol. The molecule has 2 aromatic heterocycles. The molecule has 0 spiro atoms. The fourth-order valence-corrected chi connectivity index (χ4v) is 4.26. The molecule has 0 bridgehead atoms. The highest BCUT2D eigenvalue weighted by Gasteiger charge is 2.41. The molecule has 1 saturated heterocycles. The van der Waals surface area contributed by atoms with Crippen molar-refractivity contribution < 1.29 is 14.2 Å². The molecule has 4 atom stereocenters. The second-order valence-corrected chi connectivity index (χ2v) is 7.22. The van der Waals surface area contributed by atoms with E-state index in [0.29, 0.717) is 24.4 Å². The van der Waals surface area contributed by atoms with E-state index in [1.54, 1.807) is 7.11 Å². The van der Waals surface area contributed by atoms with Crippen LogP contribution in [0.15, 0.2) is 42.9 Å². The first-order chi connectivity index (χ1) is 13.2. The van der Waals surface area contributed by atoms with E-state index in [1.807, 2.05) is 30.3 Å². The van der Waals surface area contributed by atoms with Gasteiger partial charge in [-0.25, -0.2) is 9.97 Å². The number of ether oxygens (including phenoxy) is 3. The maximum atomic E-state index is 6.30. The zero-order chi connectivity index (χ0) is 18.4. The Morgan fingerprint density at radius 3 is 2.81 bits per heavy atom. The Hall–Kier alpha value is -2.64. The van der Waals surface area contributed by atoms with Gasteiger partial charge in [0.25, 0.3) is 0 Å². The minimum atomic E-state index is -0.324. The summed E-state index contributed by atoms with van der Waals surface area (Å²) in [6, 6.07) is 10.2. The van der Waals surface area contributed by atoms with Gasteiger partial charge in [-0.3, -0.25) is 0 Å². The third-order valence-electron chi connectivity index (χ3n) is 5.69. The molecule has 2 N–H and O–H groups in total. The summed E-state index contributed by atoms with van der Waals surface area (Å²) in [5, 5.41) is 0.903. The number of fused-ring (bicyclic) bond motifs is 2. The first kappa shape index (κ1) is 16.5. The summed E-state index contributed by atoms with van der Waals surface area (Å²) in [6.45, 7) is 0.703. The maximum absolute atomic E-state index is 6.30. The fraction of sp³-hybridized carbons (Fsp3) is 0.400. The smallest absolute Gasteiger partial charge is 0.184 e. The van der Waals surface area contributed by atoms with Crippen LogP contribution in [-0.4, -0.2) is 34.4 Å². The molecule has 2 aliphatic rings. The molecule has 2 fully saturated rings. The van der Waals surface area contributed by atoms with Gasteiger partial charge in [0.15, 0.2) is 6.29 Å². The van der Waals surface area contributed by atoms with Gasteiger partial charge in [0.05, 0.1) is 25.2 Å². The predicted molar refractivity (Wildman–Crippen MR) is 100 cm³/mol. The Labute approximate surface area is 157 Å². The predicted octanol–water partition coefficient (Wildman–Crippen LogP) is 3.09. The Bertz CT molecular complexity index is 956. The molecule has 7 heteroatoms. The third kappa shape index (κ3) is 2.83. The Balaban J connectivity index is 1.34. The van der Waals surface area contributed by atoms with Crippen molar-refractivity contribution >= 4 is 16.9 Å². The number of benzene rings is 1. The quantitative estimate of drug-likeness (QED) is 0.767. The molecule has 1 aliphatic heterocycles. The molecular formula is C20H22N4O3. The highest BCUT2D eigenvalue weighted by molar-refractivity contribution is 5.86.